The van der Waals surface area contributed by atoms with Crippen molar-refractivity contribution >= 4 is 35.0 Å². The summed E-state index contributed by atoms with van der Waals surface area (Å²) < 4.78 is 0. The molecule has 2 rings (SSSR count). The van der Waals surface area contributed by atoms with Crippen LogP contribution in [0.5, 0.6) is 0 Å². The normalized spacial score (nSPS) is 10.4. The van der Waals surface area contributed by atoms with E-state index >= 15 is 0 Å². The molecule has 0 saturated heterocycles. The molecule has 0 unspecified atom stereocenters. The van der Waals surface area contributed by atoms with Gasteiger partial charge in [-0.15, -0.1) is 11.8 Å². The maximum Gasteiger partial charge on any atom is 0.337 e. The summed E-state index contributed by atoms with van der Waals surface area (Å²) in [6.07, 6.45) is 1.35. The molecule has 0 fully saturated rings. The van der Waals surface area contributed by atoms with Crippen molar-refractivity contribution < 1.29 is 14.7 Å². The van der Waals surface area contributed by atoms with E-state index < -0.39 is 5.97 Å². The van der Waals surface area contributed by atoms with Crippen LogP contribution in [0, 0.1) is 0 Å². The first-order valence-corrected chi connectivity index (χ1v) is 9.65. The average molecular weight is 372 g/mol. The summed E-state index contributed by atoms with van der Waals surface area (Å²) in [5.74, 6) is -0.605. The number of aromatic carboxylic acids is 1. The van der Waals surface area contributed by atoms with Crippen molar-refractivity contribution in [2.24, 2.45) is 0 Å². The molecule has 0 aliphatic heterocycles. The number of rotatable bonds is 9. The molecular formula is C20H24N2O3S. The minimum atomic E-state index is -1.05. The van der Waals surface area contributed by atoms with Crippen LogP contribution in [-0.2, 0) is 10.5 Å². The van der Waals surface area contributed by atoms with Gasteiger partial charge in [-0.05, 0) is 36.2 Å². The van der Waals surface area contributed by atoms with Crippen molar-refractivity contribution in [2.45, 2.75) is 37.3 Å². The summed E-state index contributed by atoms with van der Waals surface area (Å²) in [4.78, 5) is 24.2. The molecule has 2 aromatic carbocycles. The number of amides is 1. The predicted molar refractivity (Wildman–Crippen MR) is 107 cm³/mol. The van der Waals surface area contributed by atoms with Crippen LogP contribution >= 0.6 is 11.8 Å². The van der Waals surface area contributed by atoms with Crippen molar-refractivity contribution in [3.63, 3.8) is 0 Å². The van der Waals surface area contributed by atoms with Gasteiger partial charge in [0.1, 0.15) is 0 Å². The molecule has 0 saturated carbocycles. The lowest BCUT2D eigenvalue weighted by atomic mass is 10.1. The Morgan fingerprint density at radius 1 is 1.08 bits per heavy atom. The second-order valence-corrected chi connectivity index (χ2v) is 6.82. The number of hydrogen-bond donors (Lipinski definition) is 3. The van der Waals surface area contributed by atoms with Crippen molar-refractivity contribution in [2.75, 3.05) is 17.2 Å². The van der Waals surface area contributed by atoms with Crippen molar-refractivity contribution in [3.05, 3.63) is 53.6 Å². The number of thioether (sulfide) groups is 1. The van der Waals surface area contributed by atoms with E-state index in [0.29, 0.717) is 17.9 Å². The Morgan fingerprint density at radius 3 is 2.54 bits per heavy atom. The van der Waals surface area contributed by atoms with Crippen LogP contribution in [0.25, 0.3) is 0 Å². The minimum absolute atomic E-state index is 0.113. The lowest BCUT2D eigenvalue weighted by Gasteiger charge is -2.12. The first-order valence-electron chi connectivity index (χ1n) is 8.66. The Hall–Kier alpha value is -2.47. The van der Waals surface area contributed by atoms with Crippen LogP contribution < -0.4 is 10.6 Å². The second kappa shape index (κ2) is 9.87. The number of carboxylic acid groups (broad SMARTS) is 1. The number of benzene rings is 2. The Kier molecular flexibility index (Phi) is 7.53. The minimum Gasteiger partial charge on any atom is -0.478 e. The number of hydrogen-bond acceptors (Lipinski definition) is 4. The zero-order valence-electron chi connectivity index (χ0n) is 15.0. The summed E-state index contributed by atoms with van der Waals surface area (Å²) in [5, 5.41) is 15.5. The average Bonchev–Trinajstić information content (AvgIpc) is 2.65. The van der Waals surface area contributed by atoms with Crippen LogP contribution in [-0.4, -0.2) is 23.5 Å². The fourth-order valence-corrected chi connectivity index (χ4v) is 3.34. The van der Waals surface area contributed by atoms with E-state index in [-0.39, 0.29) is 11.5 Å². The Morgan fingerprint density at radius 2 is 1.85 bits per heavy atom. The van der Waals surface area contributed by atoms with Gasteiger partial charge < -0.3 is 15.7 Å². The molecule has 3 N–H and O–H groups in total. The quantitative estimate of drug-likeness (QED) is 0.549. The lowest BCUT2D eigenvalue weighted by molar-refractivity contribution is -0.115. The molecule has 26 heavy (non-hydrogen) atoms. The highest BCUT2D eigenvalue weighted by Crippen LogP contribution is 2.31. The molecule has 138 valence electrons. The molecule has 1 amide bonds. The molecule has 5 nitrogen and oxygen atoms in total. The third kappa shape index (κ3) is 5.52. The molecule has 6 heteroatoms. The van der Waals surface area contributed by atoms with Gasteiger partial charge in [-0.3, -0.25) is 4.79 Å². The molecule has 0 aliphatic carbocycles. The van der Waals surface area contributed by atoms with E-state index in [0.717, 1.165) is 29.1 Å². The van der Waals surface area contributed by atoms with E-state index in [9.17, 15) is 14.7 Å². The van der Waals surface area contributed by atoms with Gasteiger partial charge in [0.2, 0.25) is 5.91 Å². The van der Waals surface area contributed by atoms with Crippen LogP contribution in [0.4, 0.5) is 11.4 Å². The number of carbonyl (C=O) groups is 2. The topological polar surface area (TPSA) is 78.4 Å². The summed E-state index contributed by atoms with van der Waals surface area (Å²) in [6.45, 7) is 4.76. The van der Waals surface area contributed by atoms with Gasteiger partial charge in [-0.2, -0.15) is 0 Å². The van der Waals surface area contributed by atoms with Crippen molar-refractivity contribution in [1.29, 1.82) is 0 Å². The van der Waals surface area contributed by atoms with Crippen LogP contribution in [0.1, 0.15) is 42.6 Å². The van der Waals surface area contributed by atoms with E-state index in [1.807, 2.05) is 24.3 Å². The van der Waals surface area contributed by atoms with Gasteiger partial charge in [0.25, 0.3) is 0 Å². The number of nitrogens with one attached hydrogen (secondary N) is 2. The van der Waals surface area contributed by atoms with Crippen LogP contribution in [0.2, 0.25) is 0 Å². The molecule has 2 aromatic rings. The van der Waals surface area contributed by atoms with Gasteiger partial charge in [-0.25, -0.2) is 4.79 Å². The molecule has 0 bridgehead atoms. The Labute approximate surface area is 158 Å². The van der Waals surface area contributed by atoms with E-state index in [2.05, 4.69) is 23.6 Å². The van der Waals surface area contributed by atoms with E-state index in [1.165, 1.54) is 0 Å². The first-order chi connectivity index (χ1) is 12.5. The summed E-state index contributed by atoms with van der Waals surface area (Å²) in [5.41, 5.74) is 2.43. The maximum absolute atomic E-state index is 11.6. The highest BCUT2D eigenvalue weighted by atomic mass is 32.2. The number of anilines is 2. The Balaban J connectivity index is 2.14. The molecule has 0 spiro atoms. The summed E-state index contributed by atoms with van der Waals surface area (Å²) in [6, 6.07) is 13.2. The highest BCUT2D eigenvalue weighted by molar-refractivity contribution is 7.98. The van der Waals surface area contributed by atoms with Gasteiger partial charge in [-0.1, -0.05) is 32.0 Å². The summed E-state index contributed by atoms with van der Waals surface area (Å²) >= 11 is 1.65. The van der Waals surface area contributed by atoms with Gasteiger partial charge in [0, 0.05) is 29.3 Å². The summed E-state index contributed by atoms with van der Waals surface area (Å²) in [7, 11) is 0. The van der Waals surface area contributed by atoms with Gasteiger partial charge >= 0.3 is 5.97 Å². The zero-order chi connectivity index (χ0) is 18.9. The Bertz CT molecular complexity index is 777. The fraction of sp³-hybridized carbons (Fsp3) is 0.300. The van der Waals surface area contributed by atoms with Crippen LogP contribution in [0.15, 0.2) is 47.4 Å². The largest absolute Gasteiger partial charge is 0.478 e. The number of para-hydroxylation sites is 1. The molecular weight excluding hydrogens is 348 g/mol. The number of carboxylic acids is 1. The SMILES string of the molecule is CCCNc1ccccc1SCc1ccc(NC(=O)CC)c(C(=O)O)c1. The maximum atomic E-state index is 11.6. The number of carbonyl (C=O) groups excluding carboxylic acids is 1. The monoisotopic (exact) mass is 372 g/mol. The standard InChI is InChI=1S/C20H24N2O3S/c1-3-11-21-17-7-5-6-8-18(17)26-13-14-9-10-16(22-19(23)4-2)15(12-14)20(24)25/h5-10,12,21H,3-4,11,13H2,1-2H3,(H,22,23)(H,24,25). The zero-order valence-corrected chi connectivity index (χ0v) is 15.9. The highest BCUT2D eigenvalue weighted by Gasteiger charge is 2.13. The third-order valence-corrected chi connectivity index (χ3v) is 4.90. The molecule has 0 aliphatic rings. The molecule has 0 radical (unpaired) electrons. The van der Waals surface area contributed by atoms with Gasteiger partial charge in [0.15, 0.2) is 0 Å². The molecule has 0 atom stereocenters. The third-order valence-electron chi connectivity index (χ3n) is 3.76. The lowest BCUT2D eigenvalue weighted by Crippen LogP contribution is -2.13. The molecule has 0 heterocycles. The van der Waals surface area contributed by atoms with Gasteiger partial charge in [0.05, 0.1) is 11.3 Å². The smallest absolute Gasteiger partial charge is 0.337 e. The fourth-order valence-electron chi connectivity index (χ4n) is 2.37. The second-order valence-electron chi connectivity index (χ2n) is 5.80. The van der Waals surface area contributed by atoms with Crippen molar-refractivity contribution in [1.82, 2.24) is 0 Å². The van der Waals surface area contributed by atoms with E-state index in [1.54, 1.807) is 30.8 Å². The van der Waals surface area contributed by atoms with E-state index in [4.69, 9.17) is 0 Å². The van der Waals surface area contributed by atoms with Crippen molar-refractivity contribution in [3.8, 4) is 0 Å². The molecule has 0 aromatic heterocycles. The first kappa shape index (κ1) is 19.8. The predicted octanol–water partition coefficient (Wildman–Crippen LogP) is 4.85. The van der Waals surface area contributed by atoms with Crippen LogP contribution in [0.3, 0.4) is 0 Å².